The van der Waals surface area contributed by atoms with Gasteiger partial charge >= 0.3 is 0 Å². The Labute approximate surface area is 128 Å². The van der Waals surface area contributed by atoms with E-state index in [9.17, 15) is 8.42 Å². The number of hydrogen-bond acceptors (Lipinski definition) is 4. The van der Waals surface area contributed by atoms with Crippen molar-refractivity contribution < 1.29 is 8.42 Å². The van der Waals surface area contributed by atoms with Gasteiger partial charge in [-0.1, -0.05) is 13.8 Å². The molecule has 1 aromatic heterocycles. The molecule has 21 heavy (non-hydrogen) atoms. The lowest BCUT2D eigenvalue weighted by molar-refractivity contribution is 0.352. The molecule has 1 heterocycles. The van der Waals surface area contributed by atoms with Crippen molar-refractivity contribution >= 4 is 10.0 Å². The van der Waals surface area contributed by atoms with Crippen LogP contribution in [0.4, 0.5) is 0 Å². The summed E-state index contributed by atoms with van der Waals surface area (Å²) in [5, 5.41) is 10.3. The SMILES string of the molecule is CCCNCc1c(S(=O)(=O)N(CCC)C(C)C)n[nH]c1C. The molecule has 0 saturated heterocycles. The molecule has 7 heteroatoms. The highest BCUT2D eigenvalue weighted by Crippen LogP contribution is 2.22. The Morgan fingerprint density at radius 3 is 2.48 bits per heavy atom. The van der Waals surface area contributed by atoms with Gasteiger partial charge in [-0.05, 0) is 40.2 Å². The van der Waals surface area contributed by atoms with E-state index < -0.39 is 10.0 Å². The van der Waals surface area contributed by atoms with E-state index in [1.54, 1.807) is 0 Å². The maximum atomic E-state index is 12.8. The normalized spacial score (nSPS) is 12.5. The van der Waals surface area contributed by atoms with Crippen LogP contribution < -0.4 is 5.32 Å². The van der Waals surface area contributed by atoms with E-state index in [0.717, 1.165) is 30.6 Å². The first-order valence-electron chi connectivity index (χ1n) is 7.62. The molecule has 1 aromatic rings. The summed E-state index contributed by atoms with van der Waals surface area (Å²) in [5.74, 6) is 0. The molecule has 122 valence electrons. The average Bonchev–Trinajstić information content (AvgIpc) is 2.78. The monoisotopic (exact) mass is 316 g/mol. The van der Waals surface area contributed by atoms with E-state index in [1.165, 1.54) is 4.31 Å². The zero-order chi connectivity index (χ0) is 16.0. The van der Waals surface area contributed by atoms with Crippen LogP contribution >= 0.6 is 0 Å². The maximum Gasteiger partial charge on any atom is 0.262 e. The van der Waals surface area contributed by atoms with Gasteiger partial charge in [-0.25, -0.2) is 8.42 Å². The molecular weight excluding hydrogens is 288 g/mol. The van der Waals surface area contributed by atoms with E-state index >= 15 is 0 Å². The molecule has 0 amide bonds. The lowest BCUT2D eigenvalue weighted by Gasteiger charge is -2.24. The van der Waals surface area contributed by atoms with Crippen molar-refractivity contribution in [3.63, 3.8) is 0 Å². The molecule has 0 spiro atoms. The number of sulfonamides is 1. The summed E-state index contributed by atoms with van der Waals surface area (Å²) in [5.41, 5.74) is 1.54. The van der Waals surface area contributed by atoms with E-state index in [1.807, 2.05) is 27.7 Å². The quantitative estimate of drug-likeness (QED) is 0.683. The van der Waals surface area contributed by atoms with Crippen LogP contribution in [0.2, 0.25) is 0 Å². The molecule has 0 saturated carbocycles. The molecule has 0 atom stereocenters. The largest absolute Gasteiger partial charge is 0.313 e. The van der Waals surface area contributed by atoms with Crippen LogP contribution in [0, 0.1) is 6.92 Å². The Balaban J connectivity index is 3.12. The van der Waals surface area contributed by atoms with E-state index in [0.29, 0.717) is 13.1 Å². The summed E-state index contributed by atoms with van der Waals surface area (Å²) in [6.45, 7) is 11.6. The van der Waals surface area contributed by atoms with Crippen LogP contribution in [0.25, 0.3) is 0 Å². The van der Waals surface area contributed by atoms with E-state index in [-0.39, 0.29) is 11.1 Å². The van der Waals surface area contributed by atoms with Gasteiger partial charge in [-0.15, -0.1) is 0 Å². The predicted molar refractivity (Wildman–Crippen MR) is 84.6 cm³/mol. The fourth-order valence-electron chi connectivity index (χ4n) is 2.23. The fraction of sp³-hybridized carbons (Fsp3) is 0.786. The molecule has 0 bridgehead atoms. The molecule has 0 aliphatic carbocycles. The van der Waals surface area contributed by atoms with Crippen molar-refractivity contribution in [2.24, 2.45) is 0 Å². The average molecular weight is 316 g/mol. The van der Waals surface area contributed by atoms with Gasteiger partial charge in [0.1, 0.15) is 0 Å². The molecule has 0 aromatic carbocycles. The Morgan fingerprint density at radius 2 is 1.95 bits per heavy atom. The van der Waals surface area contributed by atoms with Crippen LogP contribution in [-0.2, 0) is 16.6 Å². The predicted octanol–water partition coefficient (Wildman–Crippen LogP) is 2.03. The summed E-state index contributed by atoms with van der Waals surface area (Å²) >= 11 is 0. The summed E-state index contributed by atoms with van der Waals surface area (Å²) < 4.78 is 27.2. The highest BCUT2D eigenvalue weighted by atomic mass is 32.2. The zero-order valence-corrected chi connectivity index (χ0v) is 14.5. The Hall–Kier alpha value is -0.920. The molecule has 6 nitrogen and oxygen atoms in total. The Morgan fingerprint density at radius 1 is 1.29 bits per heavy atom. The van der Waals surface area contributed by atoms with Crippen LogP contribution in [0.3, 0.4) is 0 Å². The van der Waals surface area contributed by atoms with Crippen molar-refractivity contribution in [2.75, 3.05) is 13.1 Å². The van der Waals surface area contributed by atoms with Gasteiger partial charge in [-0.2, -0.15) is 9.40 Å². The summed E-state index contributed by atoms with van der Waals surface area (Å²) in [7, 11) is -3.56. The first kappa shape index (κ1) is 18.1. The number of aromatic nitrogens is 2. The van der Waals surface area contributed by atoms with E-state index in [4.69, 9.17) is 0 Å². The van der Waals surface area contributed by atoms with Crippen LogP contribution in [0.5, 0.6) is 0 Å². The molecule has 1 rings (SSSR count). The summed E-state index contributed by atoms with van der Waals surface area (Å²) in [6.07, 6.45) is 1.79. The zero-order valence-electron chi connectivity index (χ0n) is 13.7. The van der Waals surface area contributed by atoms with Crippen molar-refractivity contribution in [2.45, 2.75) is 65.1 Å². The smallest absolute Gasteiger partial charge is 0.262 e. The van der Waals surface area contributed by atoms with Gasteiger partial charge in [-0.3, -0.25) is 5.10 Å². The summed E-state index contributed by atoms with van der Waals surface area (Å²) in [4.78, 5) is 0. The highest BCUT2D eigenvalue weighted by molar-refractivity contribution is 7.89. The van der Waals surface area contributed by atoms with Crippen LogP contribution in [0.15, 0.2) is 5.03 Å². The lowest BCUT2D eigenvalue weighted by Crippen LogP contribution is -2.38. The number of hydrogen-bond donors (Lipinski definition) is 2. The first-order valence-corrected chi connectivity index (χ1v) is 9.06. The topological polar surface area (TPSA) is 78.1 Å². The minimum atomic E-state index is -3.56. The number of rotatable bonds is 9. The van der Waals surface area contributed by atoms with Gasteiger partial charge in [0, 0.05) is 30.4 Å². The minimum Gasteiger partial charge on any atom is -0.313 e. The van der Waals surface area contributed by atoms with Crippen molar-refractivity contribution in [3.8, 4) is 0 Å². The third kappa shape index (κ3) is 4.28. The lowest BCUT2D eigenvalue weighted by atomic mass is 10.2. The highest BCUT2D eigenvalue weighted by Gasteiger charge is 2.31. The number of nitrogens with one attached hydrogen (secondary N) is 2. The molecule has 0 unspecified atom stereocenters. The van der Waals surface area contributed by atoms with Crippen LogP contribution in [-0.4, -0.2) is 42.1 Å². The second-order valence-electron chi connectivity index (χ2n) is 5.52. The molecule has 2 N–H and O–H groups in total. The number of aryl methyl sites for hydroxylation is 1. The number of H-pyrrole nitrogens is 1. The fourth-order valence-corrected chi connectivity index (χ4v) is 4.13. The summed E-state index contributed by atoms with van der Waals surface area (Å²) in [6, 6.07) is -0.0802. The molecule has 0 aliphatic rings. The second-order valence-corrected chi connectivity index (χ2v) is 7.32. The third-order valence-electron chi connectivity index (χ3n) is 3.34. The van der Waals surface area contributed by atoms with Crippen LogP contribution in [0.1, 0.15) is 51.8 Å². The van der Waals surface area contributed by atoms with Gasteiger partial charge < -0.3 is 5.32 Å². The first-order chi connectivity index (χ1) is 9.86. The van der Waals surface area contributed by atoms with Gasteiger partial charge in [0.15, 0.2) is 5.03 Å². The Kier molecular flexibility index (Phi) is 6.83. The second kappa shape index (κ2) is 7.91. The number of aromatic amines is 1. The Bertz CT molecular complexity index is 537. The van der Waals surface area contributed by atoms with Gasteiger partial charge in [0.05, 0.1) is 0 Å². The van der Waals surface area contributed by atoms with E-state index in [2.05, 4.69) is 22.4 Å². The van der Waals surface area contributed by atoms with Crippen molar-refractivity contribution in [1.29, 1.82) is 0 Å². The molecular formula is C14H28N4O2S. The molecule has 0 radical (unpaired) electrons. The van der Waals surface area contributed by atoms with Crippen molar-refractivity contribution in [3.05, 3.63) is 11.3 Å². The molecule has 0 fully saturated rings. The van der Waals surface area contributed by atoms with Crippen molar-refractivity contribution in [1.82, 2.24) is 19.8 Å². The van der Waals surface area contributed by atoms with Gasteiger partial charge in [0.2, 0.25) is 0 Å². The number of nitrogens with zero attached hydrogens (tertiary/aromatic N) is 2. The minimum absolute atomic E-state index is 0.0802. The maximum absolute atomic E-state index is 12.8. The molecule has 0 aliphatic heterocycles. The van der Waals surface area contributed by atoms with Gasteiger partial charge in [0.25, 0.3) is 10.0 Å². The third-order valence-corrected chi connectivity index (χ3v) is 5.39. The standard InChI is InChI=1S/C14H28N4O2S/c1-6-8-15-10-13-12(5)16-17-14(13)21(19,20)18(9-7-2)11(3)4/h11,15H,6-10H2,1-5H3,(H,16,17).